The van der Waals surface area contributed by atoms with Crippen LogP contribution in [0.25, 0.3) is 0 Å². The first-order chi connectivity index (χ1) is 6.43. The molecule has 1 rings (SSSR count). The normalized spacial score (nSPS) is 27.9. The lowest BCUT2D eigenvalue weighted by Gasteiger charge is -2.23. The third kappa shape index (κ3) is 2.69. The number of carboxylic acid groups (broad SMARTS) is 1. The van der Waals surface area contributed by atoms with E-state index in [9.17, 15) is 4.79 Å². The Kier molecular flexibility index (Phi) is 3.50. The second kappa shape index (κ2) is 4.28. The van der Waals surface area contributed by atoms with Crippen molar-refractivity contribution >= 4 is 5.97 Å². The van der Waals surface area contributed by atoms with Crippen LogP contribution in [0.1, 0.15) is 33.1 Å². The summed E-state index contributed by atoms with van der Waals surface area (Å²) in [6, 6.07) is 0.0830. The van der Waals surface area contributed by atoms with Gasteiger partial charge in [0.2, 0.25) is 0 Å². The fourth-order valence-corrected chi connectivity index (χ4v) is 1.54. The first-order valence-electron chi connectivity index (χ1n) is 5.04. The van der Waals surface area contributed by atoms with Gasteiger partial charge >= 0.3 is 5.97 Å². The summed E-state index contributed by atoms with van der Waals surface area (Å²) in [5.74, 6) is -0.830. The smallest absolute Gasteiger partial charge is 0.311 e. The predicted molar refractivity (Wildman–Crippen MR) is 53.0 cm³/mol. The van der Waals surface area contributed by atoms with Crippen LogP contribution in [-0.2, 0) is 9.53 Å². The highest BCUT2D eigenvalue weighted by molar-refractivity contribution is 5.73. The third-order valence-electron chi connectivity index (χ3n) is 2.74. The van der Waals surface area contributed by atoms with E-state index < -0.39 is 11.4 Å². The quantitative estimate of drug-likeness (QED) is 0.711. The van der Waals surface area contributed by atoms with Gasteiger partial charge in [0.25, 0.3) is 0 Å². The van der Waals surface area contributed by atoms with Crippen molar-refractivity contribution in [2.45, 2.75) is 45.3 Å². The average Bonchev–Trinajstić information content (AvgIpc) is 2.47. The number of ether oxygens (including phenoxy) is 1. The highest BCUT2D eigenvalue weighted by Crippen LogP contribution is 2.23. The molecule has 1 aliphatic rings. The highest BCUT2D eigenvalue weighted by Gasteiger charge is 2.31. The molecule has 3 N–H and O–H groups in total. The van der Waals surface area contributed by atoms with Gasteiger partial charge in [0, 0.05) is 6.04 Å². The van der Waals surface area contributed by atoms with Crippen molar-refractivity contribution in [2.75, 3.05) is 6.61 Å². The summed E-state index contributed by atoms with van der Waals surface area (Å²) in [4.78, 5) is 10.8. The molecule has 0 aromatic heterocycles. The Labute approximate surface area is 84.4 Å². The molecule has 0 spiro atoms. The maximum atomic E-state index is 10.8. The lowest BCUT2D eigenvalue weighted by molar-refractivity contribution is -0.151. The zero-order valence-electron chi connectivity index (χ0n) is 8.82. The minimum atomic E-state index is -0.830. The Bertz CT molecular complexity index is 215. The molecule has 0 aliphatic heterocycles. The minimum Gasteiger partial charge on any atom is -0.481 e. The molecule has 1 saturated carbocycles. The van der Waals surface area contributed by atoms with E-state index in [0.717, 1.165) is 19.3 Å². The number of aliphatic carboxylic acids is 1. The van der Waals surface area contributed by atoms with E-state index in [0.29, 0.717) is 0 Å². The number of rotatable bonds is 4. The fourth-order valence-electron chi connectivity index (χ4n) is 1.54. The van der Waals surface area contributed by atoms with Crippen LogP contribution in [0.2, 0.25) is 0 Å². The second-order valence-electron chi connectivity index (χ2n) is 4.63. The molecule has 0 radical (unpaired) electrons. The van der Waals surface area contributed by atoms with Crippen molar-refractivity contribution in [3.8, 4) is 0 Å². The lowest BCUT2D eigenvalue weighted by Crippen LogP contribution is -2.37. The number of nitrogens with two attached hydrogens (primary N) is 1. The Morgan fingerprint density at radius 2 is 2.21 bits per heavy atom. The lowest BCUT2D eigenvalue weighted by atomic mass is 9.95. The van der Waals surface area contributed by atoms with E-state index in [1.807, 2.05) is 0 Å². The molecule has 0 aromatic carbocycles. The summed E-state index contributed by atoms with van der Waals surface area (Å²) in [7, 11) is 0. The Hall–Kier alpha value is -0.610. The van der Waals surface area contributed by atoms with E-state index in [-0.39, 0.29) is 18.8 Å². The van der Waals surface area contributed by atoms with Crippen LogP contribution in [0.3, 0.4) is 0 Å². The first kappa shape index (κ1) is 11.5. The second-order valence-corrected chi connectivity index (χ2v) is 4.63. The van der Waals surface area contributed by atoms with Crippen LogP contribution in [0.15, 0.2) is 0 Å². The minimum absolute atomic E-state index is 0.0497. The predicted octanol–water partition coefficient (Wildman–Crippen LogP) is 0.994. The third-order valence-corrected chi connectivity index (χ3v) is 2.74. The molecule has 82 valence electrons. The molecular weight excluding hydrogens is 182 g/mol. The molecule has 0 saturated heterocycles. The number of carboxylic acids is 1. The van der Waals surface area contributed by atoms with Crippen molar-refractivity contribution < 1.29 is 14.6 Å². The molecule has 0 amide bonds. The molecule has 2 unspecified atom stereocenters. The summed E-state index contributed by atoms with van der Waals surface area (Å²) >= 11 is 0. The maximum Gasteiger partial charge on any atom is 0.311 e. The summed E-state index contributed by atoms with van der Waals surface area (Å²) in [6.45, 7) is 3.56. The maximum absolute atomic E-state index is 10.8. The van der Waals surface area contributed by atoms with Crippen molar-refractivity contribution in [3.63, 3.8) is 0 Å². The van der Waals surface area contributed by atoms with Gasteiger partial charge in [0.15, 0.2) is 0 Å². The average molecular weight is 201 g/mol. The van der Waals surface area contributed by atoms with Crippen LogP contribution in [0.4, 0.5) is 0 Å². The van der Waals surface area contributed by atoms with Gasteiger partial charge in [-0.2, -0.15) is 0 Å². The number of hydrogen-bond acceptors (Lipinski definition) is 3. The van der Waals surface area contributed by atoms with E-state index in [1.54, 1.807) is 13.8 Å². The summed E-state index contributed by atoms with van der Waals surface area (Å²) < 4.78 is 5.54. The zero-order valence-corrected chi connectivity index (χ0v) is 8.82. The van der Waals surface area contributed by atoms with Crippen molar-refractivity contribution in [2.24, 2.45) is 11.1 Å². The van der Waals surface area contributed by atoms with Gasteiger partial charge in [0.1, 0.15) is 0 Å². The van der Waals surface area contributed by atoms with E-state index >= 15 is 0 Å². The van der Waals surface area contributed by atoms with E-state index in [2.05, 4.69) is 0 Å². The van der Waals surface area contributed by atoms with Crippen LogP contribution >= 0.6 is 0 Å². The molecule has 4 heteroatoms. The molecule has 2 atom stereocenters. The van der Waals surface area contributed by atoms with Gasteiger partial charge in [-0.25, -0.2) is 0 Å². The van der Waals surface area contributed by atoms with Gasteiger partial charge in [-0.05, 0) is 33.1 Å². The van der Waals surface area contributed by atoms with Crippen LogP contribution in [0.5, 0.6) is 0 Å². The summed E-state index contributed by atoms with van der Waals surface area (Å²) in [5.41, 5.74) is 4.99. The zero-order chi connectivity index (χ0) is 10.8. The Morgan fingerprint density at radius 1 is 1.57 bits per heavy atom. The highest BCUT2D eigenvalue weighted by atomic mass is 16.5. The monoisotopic (exact) mass is 201 g/mol. The van der Waals surface area contributed by atoms with Gasteiger partial charge in [-0.3, -0.25) is 4.79 Å². The Balaban J connectivity index is 2.36. The number of hydrogen-bond donors (Lipinski definition) is 2. The summed E-state index contributed by atoms with van der Waals surface area (Å²) in [6.07, 6.45) is 3.07. The molecule has 1 fully saturated rings. The van der Waals surface area contributed by atoms with Gasteiger partial charge in [0.05, 0.1) is 18.1 Å². The van der Waals surface area contributed by atoms with Crippen molar-refractivity contribution in [1.82, 2.24) is 0 Å². The standard InChI is InChI=1S/C10H19NO3/c1-10(2,9(12)13)6-14-8-5-3-4-7(8)11/h7-8H,3-6,11H2,1-2H3,(H,12,13). The Morgan fingerprint density at radius 3 is 2.64 bits per heavy atom. The van der Waals surface area contributed by atoms with Crippen LogP contribution in [-0.4, -0.2) is 29.8 Å². The molecule has 14 heavy (non-hydrogen) atoms. The molecule has 0 aromatic rings. The van der Waals surface area contributed by atoms with E-state index in [1.165, 1.54) is 0 Å². The van der Waals surface area contributed by atoms with Gasteiger partial charge < -0.3 is 15.6 Å². The molecule has 0 bridgehead atoms. The molecule has 4 nitrogen and oxygen atoms in total. The fraction of sp³-hybridized carbons (Fsp3) is 0.900. The van der Waals surface area contributed by atoms with Crippen LogP contribution < -0.4 is 5.73 Å². The molecular formula is C10H19NO3. The van der Waals surface area contributed by atoms with Gasteiger partial charge in [-0.15, -0.1) is 0 Å². The molecule has 0 heterocycles. The first-order valence-corrected chi connectivity index (χ1v) is 5.04. The SMILES string of the molecule is CC(C)(COC1CCCC1N)C(=O)O. The number of carbonyl (C=O) groups is 1. The van der Waals surface area contributed by atoms with Crippen LogP contribution in [0, 0.1) is 5.41 Å². The topological polar surface area (TPSA) is 72.5 Å². The van der Waals surface area contributed by atoms with Crippen molar-refractivity contribution in [1.29, 1.82) is 0 Å². The largest absolute Gasteiger partial charge is 0.481 e. The summed E-state index contributed by atoms with van der Waals surface area (Å²) in [5, 5.41) is 8.87. The molecule has 1 aliphatic carbocycles. The van der Waals surface area contributed by atoms with Gasteiger partial charge in [-0.1, -0.05) is 0 Å². The van der Waals surface area contributed by atoms with Crippen molar-refractivity contribution in [3.05, 3.63) is 0 Å². The van der Waals surface area contributed by atoms with E-state index in [4.69, 9.17) is 15.6 Å².